The highest BCUT2D eigenvalue weighted by Crippen LogP contribution is 2.41. The van der Waals surface area contributed by atoms with Crippen molar-refractivity contribution >= 4 is 40.5 Å². The maximum absolute atomic E-state index is 14.2. The van der Waals surface area contributed by atoms with Crippen molar-refractivity contribution in [3.05, 3.63) is 30.0 Å². The van der Waals surface area contributed by atoms with Crippen LogP contribution in [0.1, 0.15) is 95.5 Å². The second-order valence-corrected chi connectivity index (χ2v) is 15.6. The summed E-state index contributed by atoms with van der Waals surface area (Å²) in [6.45, 7) is 5.44. The predicted octanol–water partition coefficient (Wildman–Crippen LogP) is 6.66. The number of carbonyl (C=O) groups is 4. The summed E-state index contributed by atoms with van der Waals surface area (Å²) in [4.78, 5) is 55.4. The fourth-order valence-electron chi connectivity index (χ4n) is 8.33. The molecule has 1 aromatic heterocycles. The Morgan fingerprint density at radius 2 is 1.63 bits per heavy atom. The van der Waals surface area contributed by atoms with E-state index in [1.165, 1.54) is 20.6 Å². The lowest BCUT2D eigenvalue weighted by Crippen LogP contribution is -2.50. The zero-order chi connectivity index (χ0) is 37.4. The topological polar surface area (TPSA) is 146 Å². The maximum Gasteiger partial charge on any atom is 0.407 e. The fraction of sp³-hybridized carbons (Fsp3) is 0.692. The molecule has 0 bridgehead atoms. The number of hydrogen-bond donors (Lipinski definition) is 2. The molecule has 5 rings (SSSR count). The summed E-state index contributed by atoms with van der Waals surface area (Å²) < 4.78 is 40.9. The summed E-state index contributed by atoms with van der Waals surface area (Å²) in [5.74, 6) is -0.828. The average Bonchev–Trinajstić information content (AvgIpc) is 3.75. The molecule has 2 aliphatic carbocycles. The van der Waals surface area contributed by atoms with Crippen LogP contribution in [-0.2, 0) is 28.5 Å². The van der Waals surface area contributed by atoms with E-state index < -0.39 is 42.5 Å². The Labute approximate surface area is 305 Å². The Hall–Kier alpha value is -3.71. The number of furan rings is 1. The van der Waals surface area contributed by atoms with Crippen LogP contribution in [0.25, 0.3) is 11.0 Å². The number of amides is 3. The first kappa shape index (κ1) is 39.5. The smallest absolute Gasteiger partial charge is 0.407 e. The van der Waals surface area contributed by atoms with E-state index in [1.54, 1.807) is 49.9 Å². The molecule has 0 unspecified atom stereocenters. The van der Waals surface area contributed by atoms with E-state index >= 15 is 0 Å². The average molecular weight is 730 g/mol. The molecule has 1 aliphatic heterocycles. The van der Waals surface area contributed by atoms with Crippen LogP contribution >= 0.6 is 0 Å². The van der Waals surface area contributed by atoms with Gasteiger partial charge in [-0.3, -0.25) is 9.59 Å². The molecule has 3 aliphatic rings. The molecule has 2 heterocycles. The molecule has 3 atom stereocenters. The van der Waals surface area contributed by atoms with Crippen molar-refractivity contribution in [2.75, 3.05) is 46.0 Å². The fourth-order valence-corrected chi connectivity index (χ4v) is 8.33. The number of halogens is 1. The van der Waals surface area contributed by atoms with Gasteiger partial charge in [0.05, 0.1) is 19.3 Å². The number of alkyl halides is 1. The first-order valence-corrected chi connectivity index (χ1v) is 18.8. The van der Waals surface area contributed by atoms with Gasteiger partial charge in [-0.05, 0) is 94.9 Å². The molecule has 2 aromatic rings. The van der Waals surface area contributed by atoms with Crippen LogP contribution < -0.4 is 10.6 Å². The van der Waals surface area contributed by atoms with Crippen LogP contribution in [-0.4, -0.2) is 93.2 Å². The van der Waals surface area contributed by atoms with E-state index in [0.29, 0.717) is 54.8 Å². The quantitative estimate of drug-likeness (QED) is 0.216. The molecule has 0 spiro atoms. The van der Waals surface area contributed by atoms with Gasteiger partial charge in [0.25, 0.3) is 0 Å². The number of alkyl carbamates (subject to hydrolysis) is 1. The summed E-state index contributed by atoms with van der Waals surface area (Å²) in [7, 11) is 3.02. The Balaban J connectivity index is 1.26. The number of methoxy groups -OCH3 is 2. The van der Waals surface area contributed by atoms with Gasteiger partial charge in [0.15, 0.2) is 0 Å². The lowest BCUT2D eigenvalue weighted by molar-refractivity contribution is -0.142. The van der Waals surface area contributed by atoms with Gasteiger partial charge < -0.3 is 38.9 Å². The number of fused-ring (bicyclic) bond motifs is 1. The van der Waals surface area contributed by atoms with Crippen LogP contribution in [0, 0.1) is 23.7 Å². The van der Waals surface area contributed by atoms with Crippen molar-refractivity contribution in [1.29, 1.82) is 0 Å². The lowest BCUT2D eigenvalue weighted by Gasteiger charge is -2.37. The van der Waals surface area contributed by atoms with Gasteiger partial charge in [-0.15, -0.1) is 0 Å². The van der Waals surface area contributed by atoms with Gasteiger partial charge in [-0.1, -0.05) is 32.1 Å². The van der Waals surface area contributed by atoms with E-state index in [9.17, 15) is 23.6 Å². The molecule has 2 N–H and O–H groups in total. The van der Waals surface area contributed by atoms with E-state index in [4.69, 9.17) is 23.4 Å². The van der Waals surface area contributed by atoms with Gasteiger partial charge in [0, 0.05) is 37.8 Å². The van der Waals surface area contributed by atoms with Crippen LogP contribution in [0.5, 0.6) is 0 Å². The number of hydrogen-bond acceptors (Lipinski definition) is 9. The molecule has 1 saturated heterocycles. The van der Waals surface area contributed by atoms with Crippen molar-refractivity contribution in [2.24, 2.45) is 23.7 Å². The van der Waals surface area contributed by atoms with Gasteiger partial charge in [0.1, 0.15) is 30.0 Å². The van der Waals surface area contributed by atoms with Crippen molar-refractivity contribution in [1.82, 2.24) is 10.2 Å². The van der Waals surface area contributed by atoms with Crippen molar-refractivity contribution in [3.8, 4) is 0 Å². The summed E-state index contributed by atoms with van der Waals surface area (Å²) in [6.07, 6.45) is 7.39. The number of likely N-dealkylation sites (tertiary alicyclic amines) is 1. The van der Waals surface area contributed by atoms with Crippen molar-refractivity contribution in [3.63, 3.8) is 0 Å². The van der Waals surface area contributed by atoms with Gasteiger partial charge >= 0.3 is 12.1 Å². The number of anilines is 1. The maximum atomic E-state index is 14.2. The number of rotatable bonds is 13. The number of nitrogens with zero attached hydrogens (tertiary/aromatic N) is 1. The minimum Gasteiger partial charge on any atom is -0.452 e. The molecule has 3 fully saturated rings. The Bertz CT molecular complexity index is 1520. The summed E-state index contributed by atoms with van der Waals surface area (Å²) >= 11 is 0. The van der Waals surface area contributed by atoms with Crippen LogP contribution in [0.4, 0.5) is 14.9 Å². The monoisotopic (exact) mass is 729 g/mol. The molecule has 2 saturated carbocycles. The standard InChI is InChI=1S/C39H56FN3O9/c1-39(2,3)52-38(47)42-31(21-40)25-11-13-26(14-12-25)36(45)43-18-17-30(24-9-7-6-8-10-24)34(43)35(44)41-28-15-16-32-27(19-28)20-33(51-32)37(46)50-29(22-48-4)23-49-5/h15-16,19-20,24-26,29-31,34H,6-14,17-18,21-23H2,1-5H3,(H,41,44)(H,42,47)/t25-,26-,30-,31+,34-/m0/s1. The first-order chi connectivity index (χ1) is 24.9. The number of nitrogens with one attached hydrogen (secondary N) is 2. The number of ether oxygens (including phenoxy) is 4. The second kappa shape index (κ2) is 17.9. The van der Waals surface area contributed by atoms with Gasteiger partial charge in [-0.25, -0.2) is 14.0 Å². The summed E-state index contributed by atoms with van der Waals surface area (Å²) in [5, 5.41) is 6.39. The highest BCUT2D eigenvalue weighted by molar-refractivity contribution is 6.00. The SMILES string of the molecule is COCC(COC)OC(=O)c1cc2cc(NC(=O)[C@@H]3[C@H](C4CCCCC4)CCN3C(=O)[C@H]3CC[C@H]([C@@H](CF)NC(=O)OC(C)(C)C)CC3)ccc2o1. The zero-order valence-corrected chi connectivity index (χ0v) is 31.2. The third kappa shape index (κ3) is 10.0. The molecule has 52 heavy (non-hydrogen) atoms. The largest absolute Gasteiger partial charge is 0.452 e. The third-order valence-electron chi connectivity index (χ3n) is 10.8. The lowest BCUT2D eigenvalue weighted by atomic mass is 9.76. The minimum atomic E-state index is -0.709. The van der Waals surface area contributed by atoms with Crippen molar-refractivity contribution in [2.45, 2.75) is 109 Å². The molecule has 288 valence electrons. The first-order valence-electron chi connectivity index (χ1n) is 18.8. The second-order valence-electron chi connectivity index (χ2n) is 15.6. The van der Waals surface area contributed by atoms with Crippen molar-refractivity contribution < 1.29 is 46.9 Å². The van der Waals surface area contributed by atoms with Crippen LogP contribution in [0.2, 0.25) is 0 Å². The number of benzene rings is 1. The molecule has 1 aromatic carbocycles. The molecule has 0 radical (unpaired) electrons. The molecule has 12 nitrogen and oxygen atoms in total. The Morgan fingerprint density at radius 3 is 2.27 bits per heavy atom. The minimum absolute atomic E-state index is 0.0220. The van der Waals surface area contributed by atoms with Crippen LogP contribution in [0.15, 0.2) is 28.7 Å². The number of esters is 1. The highest BCUT2D eigenvalue weighted by atomic mass is 19.1. The van der Waals surface area contributed by atoms with E-state index in [2.05, 4.69) is 10.6 Å². The molecular weight excluding hydrogens is 673 g/mol. The van der Waals surface area contributed by atoms with Crippen LogP contribution in [0.3, 0.4) is 0 Å². The van der Waals surface area contributed by atoms with Gasteiger partial charge in [-0.2, -0.15) is 0 Å². The molecule has 13 heteroatoms. The Kier molecular flexibility index (Phi) is 13.6. The van der Waals surface area contributed by atoms with E-state index in [1.807, 2.05) is 0 Å². The number of carbonyl (C=O) groups excluding carboxylic acids is 4. The zero-order valence-electron chi connectivity index (χ0n) is 31.2. The Morgan fingerprint density at radius 1 is 0.942 bits per heavy atom. The van der Waals surface area contributed by atoms with E-state index in [0.717, 1.165) is 32.1 Å². The van der Waals surface area contributed by atoms with E-state index in [-0.39, 0.29) is 48.5 Å². The highest BCUT2D eigenvalue weighted by Gasteiger charge is 2.47. The normalized spacial score (nSPS) is 23.4. The summed E-state index contributed by atoms with van der Waals surface area (Å²) in [5.41, 5.74) is 0.309. The molecule has 3 amide bonds. The van der Waals surface area contributed by atoms with Gasteiger partial charge in [0.2, 0.25) is 17.6 Å². The third-order valence-corrected chi connectivity index (χ3v) is 10.8. The summed E-state index contributed by atoms with van der Waals surface area (Å²) in [6, 6.07) is 5.46. The predicted molar refractivity (Wildman–Crippen MR) is 193 cm³/mol. The molecular formula is C39H56FN3O9.